The number of nitrogens with zero attached hydrogens (tertiary/aromatic N) is 1. The van der Waals surface area contributed by atoms with Crippen LogP contribution in [0.1, 0.15) is 40.6 Å². The summed E-state index contributed by atoms with van der Waals surface area (Å²) in [5, 5.41) is 5.98. The van der Waals surface area contributed by atoms with Crippen LogP contribution in [0.5, 0.6) is 0 Å². The second-order valence-electron chi connectivity index (χ2n) is 8.18. The number of likely N-dealkylation sites (tertiary alicyclic amines) is 1. The van der Waals surface area contributed by atoms with Gasteiger partial charge in [-0.3, -0.25) is 14.5 Å². The van der Waals surface area contributed by atoms with Crippen LogP contribution < -0.4 is 10.6 Å². The zero-order chi connectivity index (χ0) is 23.0. The van der Waals surface area contributed by atoms with E-state index in [1.54, 1.807) is 12.3 Å². The molecule has 7 heteroatoms. The summed E-state index contributed by atoms with van der Waals surface area (Å²) in [7, 11) is 0. The first-order valence-corrected chi connectivity index (χ1v) is 12.2. The first kappa shape index (κ1) is 23.1. The molecule has 2 N–H and O–H groups in total. The topological polar surface area (TPSA) is 74.6 Å². The highest BCUT2D eigenvalue weighted by atomic mass is 32.2. The van der Waals surface area contributed by atoms with Crippen LogP contribution in [0.25, 0.3) is 0 Å². The number of carbonyl (C=O) groups is 2. The van der Waals surface area contributed by atoms with Crippen LogP contribution >= 0.6 is 11.8 Å². The van der Waals surface area contributed by atoms with Gasteiger partial charge in [0.05, 0.1) is 23.6 Å². The Morgan fingerprint density at radius 1 is 1.03 bits per heavy atom. The molecule has 33 heavy (non-hydrogen) atoms. The van der Waals surface area contributed by atoms with E-state index in [-0.39, 0.29) is 23.6 Å². The van der Waals surface area contributed by atoms with Gasteiger partial charge in [0.2, 0.25) is 5.91 Å². The van der Waals surface area contributed by atoms with Gasteiger partial charge in [-0.2, -0.15) is 0 Å². The molecule has 1 aliphatic heterocycles. The lowest BCUT2D eigenvalue weighted by atomic mass is 10.1. The number of thioether (sulfide) groups is 1. The van der Waals surface area contributed by atoms with Crippen LogP contribution in [0.4, 0.5) is 5.69 Å². The molecule has 172 valence electrons. The summed E-state index contributed by atoms with van der Waals surface area (Å²) in [5.41, 5.74) is 2.48. The van der Waals surface area contributed by atoms with Crippen molar-refractivity contribution in [2.24, 2.45) is 0 Å². The Labute approximate surface area is 198 Å². The van der Waals surface area contributed by atoms with Gasteiger partial charge in [-0.25, -0.2) is 0 Å². The van der Waals surface area contributed by atoms with Crippen LogP contribution in [0.15, 0.2) is 76.2 Å². The number of hydrogen-bond donors (Lipinski definition) is 2. The molecule has 1 aromatic heterocycles. The molecule has 0 radical (unpaired) electrons. The van der Waals surface area contributed by atoms with E-state index in [0.717, 1.165) is 47.8 Å². The fourth-order valence-electron chi connectivity index (χ4n) is 3.99. The van der Waals surface area contributed by atoms with Crippen molar-refractivity contribution < 1.29 is 14.0 Å². The molecule has 2 amide bonds. The van der Waals surface area contributed by atoms with Crippen molar-refractivity contribution in [1.29, 1.82) is 0 Å². The fourth-order valence-corrected chi connectivity index (χ4v) is 4.84. The molecule has 0 bridgehead atoms. The molecule has 1 fully saturated rings. The second-order valence-corrected chi connectivity index (χ2v) is 9.20. The standard InChI is InChI=1S/C26H29N3O3S/c1-19-10-12-20(13-11-19)28-25(30)18-33-24-9-3-2-7-21(24)26(31)27-17-22(23-8-6-16-32-23)29-14-4-5-15-29/h2-3,6-13,16,22H,4-5,14-15,17-18H2,1H3,(H,27,31)(H,28,30)/t22-/m0/s1. The molecule has 4 rings (SSSR count). The fraction of sp³-hybridized carbons (Fsp3) is 0.308. The molecular weight excluding hydrogens is 434 g/mol. The summed E-state index contributed by atoms with van der Waals surface area (Å²) in [4.78, 5) is 28.6. The Kier molecular flexibility index (Phi) is 7.86. The summed E-state index contributed by atoms with van der Waals surface area (Å²) < 4.78 is 5.65. The minimum Gasteiger partial charge on any atom is -0.468 e. The van der Waals surface area contributed by atoms with E-state index in [2.05, 4.69) is 15.5 Å². The van der Waals surface area contributed by atoms with Crippen LogP contribution in [0.3, 0.4) is 0 Å². The number of anilines is 1. The Balaban J connectivity index is 1.36. The largest absolute Gasteiger partial charge is 0.468 e. The van der Waals surface area contributed by atoms with Crippen molar-refractivity contribution in [1.82, 2.24) is 10.2 Å². The number of nitrogens with one attached hydrogen (secondary N) is 2. The highest BCUT2D eigenvalue weighted by molar-refractivity contribution is 8.00. The SMILES string of the molecule is Cc1ccc(NC(=O)CSc2ccccc2C(=O)NC[C@@H](c2ccco2)N2CCCC2)cc1. The quantitative estimate of drug-likeness (QED) is 0.442. The maximum Gasteiger partial charge on any atom is 0.252 e. The van der Waals surface area contributed by atoms with Crippen molar-refractivity contribution in [3.8, 4) is 0 Å². The molecule has 6 nitrogen and oxygen atoms in total. The van der Waals surface area contributed by atoms with Gasteiger partial charge in [-0.15, -0.1) is 11.8 Å². The average Bonchev–Trinajstić information content (AvgIpc) is 3.55. The molecule has 1 aliphatic rings. The van der Waals surface area contributed by atoms with E-state index in [4.69, 9.17) is 4.42 Å². The molecule has 0 saturated carbocycles. The smallest absolute Gasteiger partial charge is 0.252 e. The average molecular weight is 464 g/mol. The monoisotopic (exact) mass is 463 g/mol. The van der Waals surface area contributed by atoms with Gasteiger partial charge >= 0.3 is 0 Å². The minimum atomic E-state index is -0.146. The van der Waals surface area contributed by atoms with Crippen molar-refractivity contribution in [2.45, 2.75) is 30.7 Å². The number of aryl methyl sites for hydroxylation is 1. The van der Waals surface area contributed by atoms with Gasteiger partial charge in [0.25, 0.3) is 5.91 Å². The van der Waals surface area contributed by atoms with Crippen LogP contribution in [0, 0.1) is 6.92 Å². The molecule has 1 atom stereocenters. The molecule has 2 aromatic carbocycles. The molecule has 0 aliphatic carbocycles. The van der Waals surface area contributed by atoms with Gasteiger partial charge in [0, 0.05) is 17.1 Å². The normalized spacial score (nSPS) is 14.7. The summed E-state index contributed by atoms with van der Waals surface area (Å²) in [6.07, 6.45) is 4.00. The number of carbonyl (C=O) groups excluding carboxylic acids is 2. The lowest BCUT2D eigenvalue weighted by molar-refractivity contribution is -0.113. The first-order chi connectivity index (χ1) is 16.1. The highest BCUT2D eigenvalue weighted by Gasteiger charge is 2.26. The molecule has 0 spiro atoms. The zero-order valence-corrected chi connectivity index (χ0v) is 19.6. The highest BCUT2D eigenvalue weighted by Crippen LogP contribution is 2.26. The van der Waals surface area contributed by atoms with Crippen LogP contribution in [-0.4, -0.2) is 42.1 Å². The molecule has 2 heterocycles. The van der Waals surface area contributed by atoms with E-state index < -0.39 is 0 Å². The third-order valence-corrected chi connectivity index (χ3v) is 6.81. The van der Waals surface area contributed by atoms with E-state index >= 15 is 0 Å². The third-order valence-electron chi connectivity index (χ3n) is 5.73. The second kappa shape index (κ2) is 11.2. The summed E-state index contributed by atoms with van der Waals surface area (Å²) in [6.45, 7) is 4.48. The number of benzene rings is 2. The van der Waals surface area contributed by atoms with Crippen molar-refractivity contribution in [3.63, 3.8) is 0 Å². The van der Waals surface area contributed by atoms with Gasteiger partial charge < -0.3 is 15.1 Å². The minimum absolute atomic E-state index is 0.0200. The molecule has 1 saturated heterocycles. The van der Waals surface area contributed by atoms with E-state index in [0.29, 0.717) is 12.1 Å². The predicted octanol–water partition coefficient (Wildman–Crippen LogP) is 4.89. The van der Waals surface area contributed by atoms with Gasteiger partial charge in [0.15, 0.2) is 0 Å². The van der Waals surface area contributed by atoms with Crippen LogP contribution in [0.2, 0.25) is 0 Å². The number of hydrogen-bond acceptors (Lipinski definition) is 5. The van der Waals surface area contributed by atoms with Gasteiger partial charge in [-0.1, -0.05) is 29.8 Å². The van der Waals surface area contributed by atoms with Crippen molar-refractivity contribution >= 4 is 29.3 Å². The lowest BCUT2D eigenvalue weighted by Gasteiger charge is -2.26. The Hall–Kier alpha value is -3.03. The van der Waals surface area contributed by atoms with E-state index in [1.807, 2.05) is 61.5 Å². The molecule has 0 unspecified atom stereocenters. The summed E-state index contributed by atoms with van der Waals surface area (Å²) >= 11 is 1.36. The number of amides is 2. The summed E-state index contributed by atoms with van der Waals surface area (Å²) in [5.74, 6) is 0.840. The van der Waals surface area contributed by atoms with Crippen molar-refractivity contribution in [2.75, 3.05) is 30.7 Å². The van der Waals surface area contributed by atoms with Crippen molar-refractivity contribution in [3.05, 3.63) is 83.8 Å². The molecule has 3 aromatic rings. The first-order valence-electron chi connectivity index (χ1n) is 11.2. The predicted molar refractivity (Wildman–Crippen MR) is 132 cm³/mol. The summed E-state index contributed by atoms with van der Waals surface area (Å²) in [6, 6.07) is 19.0. The zero-order valence-electron chi connectivity index (χ0n) is 18.8. The Morgan fingerprint density at radius 3 is 2.52 bits per heavy atom. The van der Waals surface area contributed by atoms with Crippen LogP contribution in [-0.2, 0) is 4.79 Å². The third kappa shape index (κ3) is 6.27. The Morgan fingerprint density at radius 2 is 1.79 bits per heavy atom. The lowest BCUT2D eigenvalue weighted by Crippen LogP contribution is -2.36. The number of rotatable bonds is 9. The molecular formula is C26H29N3O3S. The number of furan rings is 1. The Bertz CT molecular complexity index is 1060. The maximum atomic E-state index is 13.0. The van der Waals surface area contributed by atoms with Gasteiger partial charge in [-0.05, 0) is 69.3 Å². The van der Waals surface area contributed by atoms with E-state index in [1.165, 1.54) is 11.8 Å². The van der Waals surface area contributed by atoms with E-state index in [9.17, 15) is 9.59 Å². The van der Waals surface area contributed by atoms with Gasteiger partial charge in [0.1, 0.15) is 5.76 Å². The maximum absolute atomic E-state index is 13.0.